The molecule has 0 amide bonds. The lowest BCUT2D eigenvalue weighted by molar-refractivity contribution is 0.310. The molecule has 1 atom stereocenters. The van der Waals surface area contributed by atoms with E-state index >= 15 is 0 Å². The molecule has 0 aliphatic carbocycles. The number of anilines is 1. The maximum absolute atomic E-state index is 13.2. The van der Waals surface area contributed by atoms with Crippen molar-refractivity contribution in [3.8, 4) is 0 Å². The number of sulfonamides is 1. The van der Waals surface area contributed by atoms with Crippen LogP contribution >= 0.6 is 0 Å². The van der Waals surface area contributed by atoms with Crippen molar-refractivity contribution in [2.75, 3.05) is 24.4 Å². The van der Waals surface area contributed by atoms with Crippen LogP contribution in [-0.4, -0.2) is 43.0 Å². The van der Waals surface area contributed by atoms with Crippen molar-refractivity contribution < 1.29 is 8.42 Å². The fourth-order valence-electron chi connectivity index (χ4n) is 5.67. The molecule has 5 rings (SSSR count). The number of imidazole rings is 1. The molecule has 0 N–H and O–H groups in total. The van der Waals surface area contributed by atoms with Gasteiger partial charge in [-0.2, -0.15) is 0 Å². The summed E-state index contributed by atoms with van der Waals surface area (Å²) in [5, 5.41) is 0. The number of likely N-dealkylation sites (tertiary alicyclic amines) is 1. The lowest BCUT2D eigenvalue weighted by atomic mass is 9.95. The highest BCUT2D eigenvalue weighted by Gasteiger charge is 2.26. The van der Waals surface area contributed by atoms with Crippen LogP contribution in [0.4, 0.5) is 5.69 Å². The Labute approximate surface area is 233 Å². The minimum absolute atomic E-state index is 0.124. The zero-order valence-electron chi connectivity index (χ0n) is 23.5. The second-order valence-electron chi connectivity index (χ2n) is 11.8. The van der Waals surface area contributed by atoms with E-state index in [4.69, 9.17) is 4.98 Å². The minimum atomic E-state index is -3.65. The monoisotopic (exact) mass is 544 g/mol. The number of hydrogen-bond acceptors (Lipinski definition) is 4. The molecule has 4 aromatic rings. The number of aromatic nitrogens is 2. The molecule has 2 heterocycles. The van der Waals surface area contributed by atoms with E-state index in [0.717, 1.165) is 48.8 Å². The van der Waals surface area contributed by atoms with Gasteiger partial charge in [0.25, 0.3) is 10.0 Å². The van der Waals surface area contributed by atoms with Gasteiger partial charge in [-0.3, -0.25) is 9.21 Å². The van der Waals surface area contributed by atoms with Crippen LogP contribution in [0.3, 0.4) is 0 Å². The minimum Gasteiger partial charge on any atom is -0.328 e. The van der Waals surface area contributed by atoms with Gasteiger partial charge in [0.15, 0.2) is 0 Å². The van der Waals surface area contributed by atoms with Crippen molar-refractivity contribution in [2.24, 2.45) is 5.92 Å². The fraction of sp³-hybridized carbons (Fsp3) is 0.406. The normalized spacial score (nSPS) is 16.7. The first kappa shape index (κ1) is 27.4. The summed E-state index contributed by atoms with van der Waals surface area (Å²) in [6.07, 6.45) is 3.56. The Bertz CT molecular complexity index is 1510. The maximum atomic E-state index is 13.2. The first-order chi connectivity index (χ1) is 18.6. The van der Waals surface area contributed by atoms with Gasteiger partial charge in [-0.15, -0.1) is 0 Å². The van der Waals surface area contributed by atoms with Crippen LogP contribution < -0.4 is 4.31 Å². The molecule has 1 aliphatic rings. The van der Waals surface area contributed by atoms with E-state index in [0.29, 0.717) is 5.69 Å². The van der Waals surface area contributed by atoms with Crippen molar-refractivity contribution in [1.29, 1.82) is 0 Å². The van der Waals surface area contributed by atoms with Crippen LogP contribution in [0.25, 0.3) is 11.0 Å². The molecule has 1 unspecified atom stereocenters. The van der Waals surface area contributed by atoms with Crippen LogP contribution in [0.1, 0.15) is 51.4 Å². The Hall–Kier alpha value is -3.16. The van der Waals surface area contributed by atoms with Crippen molar-refractivity contribution in [1.82, 2.24) is 14.5 Å². The molecule has 0 saturated carbocycles. The zero-order valence-corrected chi connectivity index (χ0v) is 24.4. The maximum Gasteiger partial charge on any atom is 0.264 e. The molecule has 6 nitrogen and oxygen atoms in total. The average molecular weight is 545 g/mol. The van der Waals surface area contributed by atoms with Gasteiger partial charge in [-0.05, 0) is 67.6 Å². The van der Waals surface area contributed by atoms with Gasteiger partial charge < -0.3 is 4.57 Å². The van der Waals surface area contributed by atoms with Crippen LogP contribution in [0.2, 0.25) is 0 Å². The molecule has 3 aromatic carbocycles. The molecule has 1 saturated heterocycles. The SMILES string of the molecule is CN(c1ccc2c(c1)nc(C(C)(C)C)n2CCCC1CCN(Cc2ccccc2)C1)S(=O)(=O)c1ccccc1. The largest absolute Gasteiger partial charge is 0.328 e. The summed E-state index contributed by atoms with van der Waals surface area (Å²) in [6, 6.07) is 25.1. The molecular weight excluding hydrogens is 504 g/mol. The van der Waals surface area contributed by atoms with Crippen LogP contribution in [0, 0.1) is 5.92 Å². The van der Waals surface area contributed by atoms with Crippen molar-refractivity contribution in [3.05, 3.63) is 90.3 Å². The summed E-state index contributed by atoms with van der Waals surface area (Å²) >= 11 is 0. The van der Waals surface area contributed by atoms with Gasteiger partial charge in [0.1, 0.15) is 5.82 Å². The highest BCUT2D eigenvalue weighted by molar-refractivity contribution is 7.92. The molecule has 39 heavy (non-hydrogen) atoms. The average Bonchev–Trinajstić information content (AvgIpc) is 3.53. The molecule has 206 valence electrons. The predicted octanol–water partition coefficient (Wildman–Crippen LogP) is 6.46. The van der Waals surface area contributed by atoms with Crippen molar-refractivity contribution in [2.45, 2.75) is 63.4 Å². The van der Waals surface area contributed by atoms with Gasteiger partial charge >= 0.3 is 0 Å². The number of hydrogen-bond donors (Lipinski definition) is 0. The van der Waals surface area contributed by atoms with E-state index in [1.54, 1.807) is 31.3 Å². The smallest absolute Gasteiger partial charge is 0.264 e. The van der Waals surface area contributed by atoms with Crippen LogP contribution in [0.5, 0.6) is 0 Å². The third-order valence-corrected chi connectivity index (χ3v) is 9.58. The number of nitrogens with zero attached hydrogens (tertiary/aromatic N) is 4. The summed E-state index contributed by atoms with van der Waals surface area (Å²) in [5.41, 5.74) is 3.77. The van der Waals surface area contributed by atoms with Gasteiger partial charge in [0.05, 0.1) is 21.6 Å². The summed E-state index contributed by atoms with van der Waals surface area (Å²) in [5.74, 6) is 1.77. The molecule has 1 aromatic heterocycles. The molecule has 0 radical (unpaired) electrons. The van der Waals surface area contributed by atoms with E-state index in [1.165, 1.54) is 29.3 Å². The van der Waals surface area contributed by atoms with Crippen LogP contribution in [0.15, 0.2) is 83.8 Å². The third-order valence-electron chi connectivity index (χ3n) is 7.78. The zero-order chi connectivity index (χ0) is 27.6. The van der Waals surface area contributed by atoms with Crippen molar-refractivity contribution >= 4 is 26.7 Å². The second-order valence-corrected chi connectivity index (χ2v) is 13.8. The fourth-order valence-corrected chi connectivity index (χ4v) is 6.88. The van der Waals surface area contributed by atoms with Gasteiger partial charge in [-0.1, -0.05) is 69.3 Å². The standard InChI is InChI=1S/C32H40N4O2S/c1-32(2,3)31-33-29-22-27(34(4)39(37,38)28-15-9-6-10-16-28)17-18-30(29)36(31)20-11-14-26-19-21-35(24-26)23-25-12-7-5-8-13-25/h5-10,12-13,15-18,22,26H,11,14,19-21,23-24H2,1-4H3. The number of aryl methyl sites for hydroxylation is 1. The Kier molecular flexibility index (Phi) is 7.83. The Morgan fingerprint density at radius 1 is 0.974 bits per heavy atom. The first-order valence-electron chi connectivity index (χ1n) is 13.9. The molecular formula is C32H40N4O2S. The second kappa shape index (κ2) is 11.1. The van der Waals surface area contributed by atoms with E-state index in [9.17, 15) is 8.42 Å². The lowest BCUT2D eigenvalue weighted by Crippen LogP contribution is -2.26. The third kappa shape index (κ3) is 6.04. The van der Waals surface area contributed by atoms with Gasteiger partial charge in [-0.25, -0.2) is 13.4 Å². The highest BCUT2D eigenvalue weighted by atomic mass is 32.2. The Morgan fingerprint density at radius 2 is 1.67 bits per heavy atom. The summed E-state index contributed by atoms with van der Waals surface area (Å²) in [7, 11) is -2.04. The molecule has 0 spiro atoms. The van der Waals surface area contributed by atoms with E-state index in [2.05, 4.69) is 60.6 Å². The van der Waals surface area contributed by atoms with E-state index < -0.39 is 10.0 Å². The number of benzene rings is 3. The summed E-state index contributed by atoms with van der Waals surface area (Å²) in [6.45, 7) is 10.9. The molecule has 7 heteroatoms. The van der Waals surface area contributed by atoms with E-state index in [1.807, 2.05) is 24.3 Å². The molecule has 1 fully saturated rings. The topological polar surface area (TPSA) is 58.4 Å². The predicted molar refractivity (Wildman–Crippen MR) is 160 cm³/mol. The van der Waals surface area contributed by atoms with Gasteiger partial charge in [0.2, 0.25) is 0 Å². The quantitative estimate of drug-likeness (QED) is 0.243. The molecule has 1 aliphatic heterocycles. The summed E-state index contributed by atoms with van der Waals surface area (Å²) < 4.78 is 30.1. The number of fused-ring (bicyclic) bond motifs is 1. The molecule has 0 bridgehead atoms. The Morgan fingerprint density at radius 3 is 2.36 bits per heavy atom. The lowest BCUT2D eigenvalue weighted by Gasteiger charge is -2.21. The first-order valence-corrected chi connectivity index (χ1v) is 15.4. The Balaban J connectivity index is 1.30. The van der Waals surface area contributed by atoms with Crippen LogP contribution in [-0.2, 0) is 28.5 Å². The van der Waals surface area contributed by atoms with Crippen molar-refractivity contribution in [3.63, 3.8) is 0 Å². The highest BCUT2D eigenvalue weighted by Crippen LogP contribution is 2.31. The van der Waals surface area contributed by atoms with E-state index in [-0.39, 0.29) is 10.3 Å². The van der Waals surface area contributed by atoms with Gasteiger partial charge in [0, 0.05) is 32.1 Å². The summed E-state index contributed by atoms with van der Waals surface area (Å²) in [4.78, 5) is 7.88. The number of rotatable bonds is 9.